The van der Waals surface area contributed by atoms with Crippen molar-refractivity contribution in [2.75, 3.05) is 11.9 Å². The Morgan fingerprint density at radius 2 is 2.24 bits per heavy atom. The first-order valence-corrected chi connectivity index (χ1v) is 9.22. The monoisotopic (exact) mass is 353 g/mol. The second-order valence-corrected chi connectivity index (χ2v) is 6.92. The average Bonchev–Trinajstić information content (AvgIpc) is 3.37. The first kappa shape index (κ1) is 16.0. The summed E-state index contributed by atoms with van der Waals surface area (Å²) in [5.74, 6) is -0.140. The van der Waals surface area contributed by atoms with Crippen LogP contribution < -0.4 is 10.6 Å². The zero-order chi connectivity index (χ0) is 17.1. The topological polar surface area (TPSA) is 71.8 Å². The van der Waals surface area contributed by atoms with Gasteiger partial charge in [0.1, 0.15) is 5.69 Å². The number of nitrogens with one attached hydrogen (secondary N) is 2. The number of amides is 1. The molecule has 2 N–H and O–H groups in total. The van der Waals surface area contributed by atoms with E-state index in [1.807, 2.05) is 40.4 Å². The van der Waals surface area contributed by atoms with Crippen LogP contribution in [0.1, 0.15) is 40.6 Å². The van der Waals surface area contributed by atoms with Gasteiger partial charge in [0.2, 0.25) is 0 Å². The molecule has 3 aromatic rings. The van der Waals surface area contributed by atoms with Gasteiger partial charge < -0.3 is 9.88 Å². The normalized spacial score (nSPS) is 16.9. The van der Waals surface area contributed by atoms with Gasteiger partial charge in [0.25, 0.3) is 5.91 Å². The largest absolute Gasteiger partial charge is 0.339 e. The lowest BCUT2D eigenvalue weighted by Crippen LogP contribution is -2.17. The van der Waals surface area contributed by atoms with Crippen LogP contribution in [0.4, 0.5) is 5.13 Å². The Hall–Kier alpha value is -2.51. The Bertz CT molecular complexity index is 851. The second kappa shape index (κ2) is 7.16. The quantitative estimate of drug-likeness (QED) is 0.739. The highest BCUT2D eigenvalue weighted by Crippen LogP contribution is 2.26. The van der Waals surface area contributed by atoms with Crippen molar-refractivity contribution in [2.45, 2.75) is 25.4 Å². The van der Waals surface area contributed by atoms with Gasteiger partial charge in [-0.3, -0.25) is 15.1 Å². The van der Waals surface area contributed by atoms with Gasteiger partial charge in [-0.05, 0) is 49.2 Å². The third-order valence-electron chi connectivity index (χ3n) is 4.32. The van der Waals surface area contributed by atoms with Gasteiger partial charge in [-0.1, -0.05) is 0 Å². The van der Waals surface area contributed by atoms with Gasteiger partial charge in [-0.25, -0.2) is 4.98 Å². The lowest BCUT2D eigenvalue weighted by molar-refractivity contribution is 0.101. The van der Waals surface area contributed by atoms with Gasteiger partial charge in [0, 0.05) is 30.5 Å². The minimum Gasteiger partial charge on any atom is -0.339 e. The van der Waals surface area contributed by atoms with E-state index in [0.29, 0.717) is 23.4 Å². The third kappa shape index (κ3) is 3.62. The highest BCUT2D eigenvalue weighted by atomic mass is 32.1. The molecular formula is C18H19N5OS. The molecule has 1 amide bonds. The van der Waals surface area contributed by atoms with E-state index in [1.54, 1.807) is 12.4 Å². The van der Waals surface area contributed by atoms with Crippen molar-refractivity contribution < 1.29 is 4.79 Å². The van der Waals surface area contributed by atoms with E-state index in [1.165, 1.54) is 17.8 Å². The van der Waals surface area contributed by atoms with Crippen molar-refractivity contribution >= 4 is 22.4 Å². The van der Waals surface area contributed by atoms with Crippen LogP contribution in [0.5, 0.6) is 0 Å². The summed E-state index contributed by atoms with van der Waals surface area (Å²) < 4.78 is 1.93. The molecule has 0 aliphatic carbocycles. The van der Waals surface area contributed by atoms with Gasteiger partial charge >= 0.3 is 0 Å². The van der Waals surface area contributed by atoms with Crippen molar-refractivity contribution in [3.05, 3.63) is 65.2 Å². The SMILES string of the molecule is O=C(Nc1nc(C2CCCN2)cs1)c1cccn1Cc1ccncc1. The number of nitrogens with zero attached hydrogens (tertiary/aromatic N) is 3. The highest BCUT2D eigenvalue weighted by Gasteiger charge is 2.20. The highest BCUT2D eigenvalue weighted by molar-refractivity contribution is 7.14. The smallest absolute Gasteiger partial charge is 0.274 e. The van der Waals surface area contributed by atoms with E-state index in [4.69, 9.17) is 0 Å². The average molecular weight is 353 g/mol. The molecular weight excluding hydrogens is 334 g/mol. The van der Waals surface area contributed by atoms with Crippen LogP contribution in [-0.4, -0.2) is 27.0 Å². The molecule has 3 aromatic heterocycles. The number of carbonyl (C=O) groups excluding carboxylic acids is 1. The molecule has 0 bridgehead atoms. The standard InChI is InChI=1S/C18H19N5OS/c24-17(22-18-21-15(12-25-18)14-3-1-7-20-14)16-4-2-10-23(16)11-13-5-8-19-9-6-13/h2,4-6,8-10,12,14,20H,1,3,7,11H2,(H,21,22,24). The zero-order valence-electron chi connectivity index (χ0n) is 13.7. The molecule has 1 fully saturated rings. The molecule has 0 radical (unpaired) electrons. The number of hydrogen-bond acceptors (Lipinski definition) is 5. The summed E-state index contributed by atoms with van der Waals surface area (Å²) in [6.45, 7) is 1.67. The molecule has 1 aliphatic rings. The van der Waals surface area contributed by atoms with E-state index in [-0.39, 0.29) is 5.91 Å². The summed E-state index contributed by atoms with van der Waals surface area (Å²) in [4.78, 5) is 21.2. The Morgan fingerprint density at radius 1 is 1.36 bits per heavy atom. The van der Waals surface area contributed by atoms with Gasteiger partial charge in [-0.15, -0.1) is 11.3 Å². The van der Waals surface area contributed by atoms with Gasteiger partial charge in [0.15, 0.2) is 5.13 Å². The van der Waals surface area contributed by atoms with Crippen molar-refractivity contribution in [3.63, 3.8) is 0 Å². The summed E-state index contributed by atoms with van der Waals surface area (Å²) in [7, 11) is 0. The van der Waals surface area contributed by atoms with Crippen LogP contribution in [0, 0.1) is 0 Å². The van der Waals surface area contributed by atoms with Crippen molar-refractivity contribution in [1.29, 1.82) is 0 Å². The lowest BCUT2D eigenvalue weighted by Gasteiger charge is -2.09. The molecule has 0 saturated carbocycles. The molecule has 1 atom stereocenters. The maximum Gasteiger partial charge on any atom is 0.274 e. The molecule has 128 valence electrons. The third-order valence-corrected chi connectivity index (χ3v) is 5.10. The molecule has 1 saturated heterocycles. The Labute approximate surface area is 149 Å². The van der Waals surface area contributed by atoms with Crippen LogP contribution in [0.2, 0.25) is 0 Å². The van der Waals surface area contributed by atoms with E-state index >= 15 is 0 Å². The van der Waals surface area contributed by atoms with Crippen molar-refractivity contribution in [2.24, 2.45) is 0 Å². The predicted octanol–water partition coefficient (Wildman–Crippen LogP) is 3.06. The fourth-order valence-electron chi connectivity index (χ4n) is 3.04. The summed E-state index contributed by atoms with van der Waals surface area (Å²) in [5.41, 5.74) is 2.74. The number of aromatic nitrogens is 3. The number of hydrogen-bond donors (Lipinski definition) is 2. The van der Waals surface area contributed by atoms with Crippen LogP contribution >= 0.6 is 11.3 Å². The molecule has 0 aromatic carbocycles. The Morgan fingerprint density at radius 3 is 3.04 bits per heavy atom. The fraction of sp³-hybridized carbons (Fsp3) is 0.278. The maximum atomic E-state index is 12.6. The minimum atomic E-state index is -0.140. The first-order valence-electron chi connectivity index (χ1n) is 8.34. The van der Waals surface area contributed by atoms with Crippen LogP contribution in [0.25, 0.3) is 0 Å². The number of thiazole rings is 1. The Kier molecular flexibility index (Phi) is 4.58. The summed E-state index contributed by atoms with van der Waals surface area (Å²) in [5, 5.41) is 9.01. The van der Waals surface area contributed by atoms with Crippen molar-refractivity contribution in [1.82, 2.24) is 19.9 Å². The molecule has 4 rings (SSSR count). The summed E-state index contributed by atoms with van der Waals surface area (Å²) in [6.07, 6.45) is 7.70. The Balaban J connectivity index is 1.46. The zero-order valence-corrected chi connectivity index (χ0v) is 14.5. The molecule has 6 nitrogen and oxygen atoms in total. The maximum absolute atomic E-state index is 12.6. The summed E-state index contributed by atoms with van der Waals surface area (Å²) in [6, 6.07) is 7.92. The van der Waals surface area contributed by atoms with Crippen LogP contribution in [-0.2, 0) is 6.54 Å². The van der Waals surface area contributed by atoms with E-state index < -0.39 is 0 Å². The van der Waals surface area contributed by atoms with Gasteiger partial charge in [-0.2, -0.15) is 0 Å². The second-order valence-electron chi connectivity index (χ2n) is 6.06. The minimum absolute atomic E-state index is 0.140. The molecule has 1 unspecified atom stereocenters. The molecule has 4 heterocycles. The lowest BCUT2D eigenvalue weighted by atomic mass is 10.2. The molecule has 1 aliphatic heterocycles. The van der Waals surface area contributed by atoms with E-state index in [9.17, 15) is 4.79 Å². The first-order chi connectivity index (χ1) is 12.3. The van der Waals surface area contributed by atoms with Crippen LogP contribution in [0.15, 0.2) is 48.2 Å². The molecule has 25 heavy (non-hydrogen) atoms. The fourth-order valence-corrected chi connectivity index (χ4v) is 3.80. The number of pyridine rings is 1. The molecule has 7 heteroatoms. The number of carbonyl (C=O) groups is 1. The molecule has 0 spiro atoms. The van der Waals surface area contributed by atoms with E-state index in [2.05, 4.69) is 20.6 Å². The van der Waals surface area contributed by atoms with Crippen LogP contribution in [0.3, 0.4) is 0 Å². The number of rotatable bonds is 5. The summed E-state index contributed by atoms with van der Waals surface area (Å²) >= 11 is 1.47. The van der Waals surface area contributed by atoms with Crippen molar-refractivity contribution in [3.8, 4) is 0 Å². The van der Waals surface area contributed by atoms with Gasteiger partial charge in [0.05, 0.1) is 11.7 Å². The number of anilines is 1. The van der Waals surface area contributed by atoms with E-state index in [0.717, 1.165) is 24.2 Å². The predicted molar refractivity (Wildman–Crippen MR) is 97.8 cm³/mol.